The molecule has 0 radical (unpaired) electrons. The van der Waals surface area contributed by atoms with Gasteiger partial charge in [0.25, 0.3) is 5.91 Å². The van der Waals surface area contributed by atoms with E-state index in [0.717, 1.165) is 11.5 Å². The van der Waals surface area contributed by atoms with Crippen molar-refractivity contribution in [2.45, 2.75) is 6.54 Å². The molecule has 1 amide bonds. The summed E-state index contributed by atoms with van der Waals surface area (Å²) in [7, 11) is 5.34. The Kier molecular flexibility index (Phi) is 4.29. The van der Waals surface area contributed by atoms with Gasteiger partial charge in [0.15, 0.2) is 0 Å². The summed E-state index contributed by atoms with van der Waals surface area (Å²) in [6.07, 6.45) is 3.64. The molecule has 5 nitrogen and oxygen atoms in total. The number of aromatic nitrogens is 2. The van der Waals surface area contributed by atoms with Gasteiger partial charge in [0.2, 0.25) is 0 Å². The number of hydrogen-bond donors (Lipinski definition) is 1. The van der Waals surface area contributed by atoms with E-state index in [-0.39, 0.29) is 5.91 Å². The molecule has 0 aliphatic carbocycles. The fourth-order valence-corrected chi connectivity index (χ4v) is 1.99. The van der Waals surface area contributed by atoms with Crippen molar-refractivity contribution in [3.05, 3.63) is 47.0 Å². The third-order valence-electron chi connectivity index (χ3n) is 2.97. The topological polar surface area (TPSA) is 50.2 Å². The molecule has 0 saturated heterocycles. The minimum absolute atomic E-state index is 0.115. The van der Waals surface area contributed by atoms with Crippen LogP contribution in [-0.2, 0) is 13.6 Å². The van der Waals surface area contributed by atoms with E-state index in [4.69, 9.17) is 11.6 Å². The van der Waals surface area contributed by atoms with Gasteiger partial charge in [0.05, 0.1) is 17.1 Å². The van der Waals surface area contributed by atoms with Crippen LogP contribution in [0, 0.1) is 0 Å². The van der Waals surface area contributed by atoms with Gasteiger partial charge >= 0.3 is 0 Å². The number of amides is 1. The van der Waals surface area contributed by atoms with E-state index in [1.54, 1.807) is 32.4 Å². The lowest BCUT2D eigenvalue weighted by Gasteiger charge is -2.13. The minimum atomic E-state index is -0.115. The Morgan fingerprint density at radius 3 is 2.80 bits per heavy atom. The molecular weight excluding hydrogens is 276 g/mol. The summed E-state index contributed by atoms with van der Waals surface area (Å²) < 4.78 is 1.94. The van der Waals surface area contributed by atoms with Crippen molar-refractivity contribution >= 4 is 23.2 Å². The molecule has 20 heavy (non-hydrogen) atoms. The Bertz CT molecular complexity index is 621. The van der Waals surface area contributed by atoms with Crippen LogP contribution in [0.1, 0.15) is 16.2 Å². The highest BCUT2D eigenvalue weighted by molar-refractivity contribution is 6.34. The fraction of sp³-hybridized carbons (Fsp3) is 0.286. The second-order valence-corrected chi connectivity index (χ2v) is 5.11. The number of carbonyl (C=O) groups excluding carboxylic acids is 1. The summed E-state index contributed by atoms with van der Waals surface area (Å²) in [5.74, 6) is 0.802. The SMILES string of the molecule is CN(C)C(=O)c1cc(NCc2nccn2C)ccc1Cl. The summed E-state index contributed by atoms with van der Waals surface area (Å²) in [5.41, 5.74) is 1.32. The van der Waals surface area contributed by atoms with Gasteiger partial charge in [-0.25, -0.2) is 4.98 Å². The van der Waals surface area contributed by atoms with Crippen LogP contribution < -0.4 is 5.32 Å². The van der Waals surface area contributed by atoms with E-state index in [1.165, 1.54) is 4.90 Å². The van der Waals surface area contributed by atoms with Crippen LogP contribution in [0.25, 0.3) is 0 Å². The molecule has 0 fully saturated rings. The highest BCUT2D eigenvalue weighted by atomic mass is 35.5. The Morgan fingerprint density at radius 2 is 2.20 bits per heavy atom. The minimum Gasteiger partial charge on any atom is -0.378 e. The zero-order valence-corrected chi connectivity index (χ0v) is 12.5. The molecule has 0 aliphatic heterocycles. The van der Waals surface area contributed by atoms with Crippen molar-refractivity contribution in [2.75, 3.05) is 19.4 Å². The summed E-state index contributed by atoms with van der Waals surface area (Å²) in [6, 6.07) is 5.32. The summed E-state index contributed by atoms with van der Waals surface area (Å²) in [6.45, 7) is 0.584. The molecule has 0 saturated carbocycles. The first-order valence-electron chi connectivity index (χ1n) is 6.20. The third-order valence-corrected chi connectivity index (χ3v) is 3.30. The molecule has 1 aromatic carbocycles. The quantitative estimate of drug-likeness (QED) is 0.941. The zero-order valence-electron chi connectivity index (χ0n) is 11.7. The number of hydrogen-bond acceptors (Lipinski definition) is 3. The molecule has 6 heteroatoms. The number of nitrogens with zero attached hydrogens (tertiary/aromatic N) is 3. The van der Waals surface area contributed by atoms with Crippen LogP contribution in [0.3, 0.4) is 0 Å². The molecule has 1 N–H and O–H groups in total. The van der Waals surface area contributed by atoms with Crippen molar-refractivity contribution in [3.63, 3.8) is 0 Å². The molecule has 0 bridgehead atoms. The van der Waals surface area contributed by atoms with Gasteiger partial charge in [-0.1, -0.05) is 11.6 Å². The molecule has 2 rings (SSSR count). The van der Waals surface area contributed by atoms with Crippen LogP contribution >= 0.6 is 11.6 Å². The lowest BCUT2D eigenvalue weighted by molar-refractivity contribution is 0.0828. The van der Waals surface area contributed by atoms with Gasteiger partial charge in [0.1, 0.15) is 5.82 Å². The Morgan fingerprint density at radius 1 is 1.45 bits per heavy atom. The number of benzene rings is 1. The fourth-order valence-electron chi connectivity index (χ4n) is 1.79. The van der Waals surface area contributed by atoms with E-state index in [1.807, 2.05) is 23.9 Å². The third kappa shape index (κ3) is 3.11. The maximum Gasteiger partial charge on any atom is 0.254 e. The van der Waals surface area contributed by atoms with E-state index < -0.39 is 0 Å². The van der Waals surface area contributed by atoms with Crippen molar-refractivity contribution in [1.29, 1.82) is 0 Å². The van der Waals surface area contributed by atoms with Crippen LogP contribution in [0.5, 0.6) is 0 Å². The molecule has 2 aromatic rings. The molecular formula is C14H17ClN4O. The van der Waals surface area contributed by atoms with Gasteiger partial charge in [-0.15, -0.1) is 0 Å². The Hall–Kier alpha value is -2.01. The normalized spacial score (nSPS) is 10.4. The van der Waals surface area contributed by atoms with Crippen LogP contribution in [-0.4, -0.2) is 34.5 Å². The Balaban J connectivity index is 2.15. The summed E-state index contributed by atoms with van der Waals surface area (Å²) in [4.78, 5) is 17.7. The van der Waals surface area contributed by atoms with Crippen molar-refractivity contribution in [1.82, 2.24) is 14.5 Å². The lowest BCUT2D eigenvalue weighted by Crippen LogP contribution is -2.22. The number of nitrogens with one attached hydrogen (secondary N) is 1. The average Bonchev–Trinajstić information content (AvgIpc) is 2.82. The summed E-state index contributed by atoms with van der Waals surface area (Å²) in [5, 5.41) is 3.69. The first kappa shape index (κ1) is 14.4. The molecule has 0 unspecified atom stereocenters. The molecule has 106 valence electrons. The molecule has 0 atom stereocenters. The van der Waals surface area contributed by atoms with Crippen LogP contribution in [0.2, 0.25) is 5.02 Å². The summed E-state index contributed by atoms with van der Waals surface area (Å²) >= 11 is 6.07. The van der Waals surface area contributed by atoms with E-state index in [9.17, 15) is 4.79 Å². The van der Waals surface area contributed by atoms with Crippen LogP contribution in [0.15, 0.2) is 30.6 Å². The molecule has 1 heterocycles. The predicted molar refractivity (Wildman–Crippen MR) is 80.0 cm³/mol. The second kappa shape index (κ2) is 5.96. The predicted octanol–water partition coefficient (Wildman–Crippen LogP) is 2.39. The number of halogens is 1. The van der Waals surface area contributed by atoms with Gasteiger partial charge in [-0.2, -0.15) is 0 Å². The van der Waals surface area contributed by atoms with Gasteiger partial charge in [-0.05, 0) is 18.2 Å². The second-order valence-electron chi connectivity index (χ2n) is 4.70. The number of anilines is 1. The maximum absolute atomic E-state index is 12.0. The van der Waals surface area contributed by atoms with Crippen molar-refractivity contribution < 1.29 is 4.79 Å². The van der Waals surface area contributed by atoms with E-state index in [0.29, 0.717) is 17.1 Å². The Labute approximate surface area is 123 Å². The largest absolute Gasteiger partial charge is 0.378 e. The van der Waals surface area contributed by atoms with Crippen molar-refractivity contribution in [3.8, 4) is 0 Å². The van der Waals surface area contributed by atoms with Gasteiger partial charge < -0.3 is 14.8 Å². The van der Waals surface area contributed by atoms with Gasteiger partial charge in [-0.3, -0.25) is 4.79 Å². The molecule has 0 aliphatic rings. The number of rotatable bonds is 4. The molecule has 1 aromatic heterocycles. The first-order valence-corrected chi connectivity index (χ1v) is 6.58. The highest BCUT2D eigenvalue weighted by Crippen LogP contribution is 2.22. The maximum atomic E-state index is 12.0. The van der Waals surface area contributed by atoms with E-state index >= 15 is 0 Å². The average molecular weight is 293 g/mol. The highest BCUT2D eigenvalue weighted by Gasteiger charge is 2.13. The number of aryl methyl sites for hydroxylation is 1. The lowest BCUT2D eigenvalue weighted by atomic mass is 10.1. The smallest absolute Gasteiger partial charge is 0.254 e. The van der Waals surface area contributed by atoms with Gasteiger partial charge in [0, 0.05) is 39.2 Å². The van der Waals surface area contributed by atoms with Crippen molar-refractivity contribution in [2.24, 2.45) is 7.05 Å². The monoisotopic (exact) mass is 292 g/mol. The van der Waals surface area contributed by atoms with Crippen LogP contribution in [0.4, 0.5) is 5.69 Å². The molecule has 0 spiro atoms. The number of imidazole rings is 1. The number of carbonyl (C=O) groups is 1. The first-order chi connectivity index (χ1) is 9.49. The zero-order chi connectivity index (χ0) is 14.7. The standard InChI is InChI=1S/C14H17ClN4O/c1-18(2)14(20)11-8-10(4-5-12(11)15)17-9-13-16-6-7-19(13)3/h4-8,17H,9H2,1-3H3. The van der Waals surface area contributed by atoms with E-state index in [2.05, 4.69) is 10.3 Å².